The van der Waals surface area contributed by atoms with Crippen molar-refractivity contribution in [3.8, 4) is 5.69 Å². The lowest BCUT2D eigenvalue weighted by Crippen LogP contribution is -2.73. The van der Waals surface area contributed by atoms with Gasteiger partial charge in [0.15, 0.2) is 0 Å². The highest BCUT2D eigenvalue weighted by Gasteiger charge is 2.66. The number of benzene rings is 1. The van der Waals surface area contributed by atoms with Gasteiger partial charge in [0.05, 0.1) is 11.8 Å². The zero-order valence-electron chi connectivity index (χ0n) is 12.5. The van der Waals surface area contributed by atoms with E-state index in [-0.39, 0.29) is 6.42 Å². The molecule has 124 valence electrons. The molecule has 5 atom stereocenters. The van der Waals surface area contributed by atoms with Crippen LogP contribution in [0, 0.1) is 0 Å². The molecule has 8 nitrogen and oxygen atoms in total. The van der Waals surface area contributed by atoms with Gasteiger partial charge in [-0.15, -0.1) is 0 Å². The van der Waals surface area contributed by atoms with Crippen molar-refractivity contribution in [2.24, 2.45) is 0 Å². The molecule has 8 heteroatoms. The van der Waals surface area contributed by atoms with Crippen LogP contribution in [0.4, 0.5) is 0 Å². The third kappa shape index (κ3) is 1.28. The maximum atomic E-state index is 13.0. The van der Waals surface area contributed by atoms with Gasteiger partial charge in [-0.3, -0.25) is 0 Å². The van der Waals surface area contributed by atoms with Crippen molar-refractivity contribution in [2.75, 3.05) is 0 Å². The first-order chi connectivity index (χ1) is 11.5. The Kier molecular flexibility index (Phi) is 2.42. The fourth-order valence-electron chi connectivity index (χ4n) is 4.41. The molecule has 1 aromatic heterocycles. The minimum Gasteiger partial charge on any atom is -0.389 e. The van der Waals surface area contributed by atoms with Gasteiger partial charge in [-0.25, -0.2) is 23.5 Å². The summed E-state index contributed by atoms with van der Waals surface area (Å²) >= 11 is 0. The number of nitrogens with zero attached hydrogens (tertiary/aromatic N) is 3. The molecule has 1 fully saturated rings. The molecule has 2 aliphatic heterocycles. The normalized spacial score (nSPS) is 35.9. The van der Waals surface area contributed by atoms with Gasteiger partial charge in [0.2, 0.25) is 0 Å². The number of fused-ring (bicyclic) bond motifs is 1. The average molecular weight is 329 g/mol. The van der Waals surface area contributed by atoms with Crippen LogP contribution in [-0.4, -0.2) is 47.6 Å². The summed E-state index contributed by atoms with van der Waals surface area (Å²) in [4.78, 5) is 25.8. The van der Waals surface area contributed by atoms with Gasteiger partial charge in [-0.1, -0.05) is 24.3 Å². The van der Waals surface area contributed by atoms with E-state index in [0.29, 0.717) is 11.3 Å². The quantitative estimate of drug-likeness (QED) is 0.550. The molecule has 0 amide bonds. The first kappa shape index (κ1) is 14.0. The lowest BCUT2D eigenvalue weighted by Gasteiger charge is -2.59. The van der Waals surface area contributed by atoms with Gasteiger partial charge in [-0.05, 0) is 17.7 Å². The molecule has 2 bridgehead atoms. The molecule has 1 saturated carbocycles. The fourth-order valence-corrected chi connectivity index (χ4v) is 4.41. The minimum absolute atomic E-state index is 0.0852. The van der Waals surface area contributed by atoms with E-state index in [2.05, 4.69) is 0 Å². The van der Waals surface area contributed by atoms with Crippen LogP contribution in [-0.2, 0) is 5.54 Å². The zero-order valence-corrected chi connectivity index (χ0v) is 12.5. The Bertz CT molecular complexity index is 1000. The number of aliphatic hydroxyl groups is 3. The van der Waals surface area contributed by atoms with Crippen LogP contribution in [0.5, 0.6) is 0 Å². The predicted molar refractivity (Wildman–Crippen MR) is 82.0 cm³/mol. The van der Waals surface area contributed by atoms with Crippen LogP contribution in [0.2, 0.25) is 0 Å². The largest absolute Gasteiger partial charge is 0.389 e. The lowest BCUT2D eigenvalue weighted by molar-refractivity contribution is -0.155. The summed E-state index contributed by atoms with van der Waals surface area (Å²) in [6.45, 7) is 0. The molecule has 2 aliphatic carbocycles. The monoisotopic (exact) mass is 329 g/mol. The fraction of sp³-hybridized carbons (Fsp3) is 0.375. The van der Waals surface area contributed by atoms with Gasteiger partial charge in [-0.2, -0.15) is 0 Å². The number of aromatic nitrogens is 3. The van der Waals surface area contributed by atoms with Gasteiger partial charge >= 0.3 is 11.4 Å². The van der Waals surface area contributed by atoms with Gasteiger partial charge < -0.3 is 15.3 Å². The highest BCUT2D eigenvalue weighted by atomic mass is 16.3. The average Bonchev–Trinajstić information content (AvgIpc) is 2.84. The number of para-hydroxylation sites is 1. The smallest absolute Gasteiger partial charge is 0.352 e. The second-order valence-corrected chi connectivity index (χ2v) is 6.58. The van der Waals surface area contributed by atoms with Crippen LogP contribution in [0.15, 0.2) is 51.6 Å². The summed E-state index contributed by atoms with van der Waals surface area (Å²) in [5, 5.41) is 30.9. The standard InChI is InChI=1S/C16H15N3O5/c20-11-7-16-9(11)6-10(12(21)13(16)22)18-14(23)17(15(24)19(16)18)8-4-2-1-3-5-8/h1-6,10-13,20-22H,7H2/t10-,11+,12-,13-,16-/m0/s1. The molecule has 1 aromatic carbocycles. The van der Waals surface area contributed by atoms with Crippen molar-refractivity contribution >= 4 is 0 Å². The molecule has 0 radical (unpaired) electrons. The Morgan fingerprint density at radius 2 is 1.75 bits per heavy atom. The molecule has 3 N–H and O–H groups in total. The zero-order chi connectivity index (χ0) is 16.8. The number of aliphatic hydroxyl groups excluding tert-OH is 3. The molecule has 24 heavy (non-hydrogen) atoms. The lowest BCUT2D eigenvalue weighted by atomic mass is 9.59. The summed E-state index contributed by atoms with van der Waals surface area (Å²) in [7, 11) is 0. The SMILES string of the molecule is O=c1n(-c2ccccc2)c(=O)n2n1[C@H]1C=C3[C@H](O)C[C@@]32[C@@H](O)[C@H]1O. The van der Waals surface area contributed by atoms with Crippen LogP contribution in [0.25, 0.3) is 5.69 Å². The van der Waals surface area contributed by atoms with E-state index >= 15 is 0 Å². The van der Waals surface area contributed by atoms with Gasteiger partial charge in [0.1, 0.15) is 23.8 Å². The summed E-state index contributed by atoms with van der Waals surface area (Å²) < 4.78 is 3.44. The van der Waals surface area contributed by atoms with Crippen molar-refractivity contribution in [1.29, 1.82) is 0 Å². The van der Waals surface area contributed by atoms with Gasteiger partial charge in [0, 0.05) is 6.42 Å². The molecule has 2 aromatic rings. The van der Waals surface area contributed by atoms with Crippen molar-refractivity contribution in [3.05, 3.63) is 62.9 Å². The molecule has 1 spiro atoms. The number of rotatable bonds is 1. The van der Waals surface area contributed by atoms with E-state index < -0.39 is 41.3 Å². The predicted octanol–water partition coefficient (Wildman–Crippen LogP) is -1.52. The summed E-state index contributed by atoms with van der Waals surface area (Å²) in [6.07, 6.45) is -1.53. The van der Waals surface area contributed by atoms with Crippen molar-refractivity contribution < 1.29 is 15.3 Å². The summed E-state index contributed by atoms with van der Waals surface area (Å²) in [5.74, 6) is 0. The summed E-state index contributed by atoms with van der Waals surface area (Å²) in [5.41, 5.74) is -1.48. The number of hydrogen-bond acceptors (Lipinski definition) is 5. The van der Waals surface area contributed by atoms with E-state index in [1.807, 2.05) is 0 Å². The third-order valence-corrected chi connectivity index (χ3v) is 5.53. The van der Waals surface area contributed by atoms with Gasteiger partial charge in [0.25, 0.3) is 0 Å². The second kappa shape index (κ2) is 4.15. The second-order valence-electron chi connectivity index (χ2n) is 6.58. The topological polar surface area (TPSA) is 110 Å². The van der Waals surface area contributed by atoms with Crippen LogP contribution >= 0.6 is 0 Å². The molecule has 0 saturated heterocycles. The first-order valence-corrected chi connectivity index (χ1v) is 7.77. The summed E-state index contributed by atoms with van der Waals surface area (Å²) in [6, 6.07) is 7.63. The highest BCUT2D eigenvalue weighted by Crippen LogP contribution is 2.55. The van der Waals surface area contributed by atoms with Crippen molar-refractivity contribution in [3.63, 3.8) is 0 Å². The Morgan fingerprint density at radius 3 is 2.42 bits per heavy atom. The van der Waals surface area contributed by atoms with Crippen LogP contribution < -0.4 is 11.4 Å². The van der Waals surface area contributed by atoms with Crippen LogP contribution in [0.1, 0.15) is 12.5 Å². The van der Waals surface area contributed by atoms with E-state index in [1.165, 1.54) is 9.36 Å². The molecule has 0 unspecified atom stereocenters. The Hall–Kier alpha value is -2.42. The van der Waals surface area contributed by atoms with E-state index in [4.69, 9.17) is 0 Å². The third-order valence-electron chi connectivity index (χ3n) is 5.53. The van der Waals surface area contributed by atoms with Crippen molar-refractivity contribution in [2.45, 2.75) is 36.3 Å². The highest BCUT2D eigenvalue weighted by molar-refractivity contribution is 5.42. The Labute approximate surface area is 135 Å². The molecular weight excluding hydrogens is 314 g/mol. The number of hydrogen-bond donors (Lipinski definition) is 3. The minimum atomic E-state index is -1.25. The maximum absolute atomic E-state index is 13.0. The first-order valence-electron chi connectivity index (χ1n) is 7.77. The molecule has 3 heterocycles. The van der Waals surface area contributed by atoms with Crippen molar-refractivity contribution in [1.82, 2.24) is 13.9 Å². The van der Waals surface area contributed by atoms with E-state index in [1.54, 1.807) is 36.4 Å². The van der Waals surface area contributed by atoms with Crippen LogP contribution in [0.3, 0.4) is 0 Å². The Morgan fingerprint density at radius 1 is 1.04 bits per heavy atom. The molecule has 4 aliphatic rings. The van der Waals surface area contributed by atoms with E-state index in [9.17, 15) is 24.9 Å². The molecular formula is C16H15N3O5. The van der Waals surface area contributed by atoms with E-state index in [0.717, 1.165) is 4.57 Å². The Balaban J connectivity index is 1.86. The maximum Gasteiger partial charge on any atom is 0.352 e. The molecule has 6 rings (SSSR count).